The van der Waals surface area contributed by atoms with Crippen molar-refractivity contribution in [2.45, 2.75) is 25.5 Å². The molecule has 0 saturated heterocycles. The van der Waals surface area contributed by atoms with Gasteiger partial charge >= 0.3 is 0 Å². The number of thioether (sulfide) groups is 1. The Morgan fingerprint density at radius 1 is 1.47 bits per heavy atom. The highest BCUT2D eigenvalue weighted by molar-refractivity contribution is 8.15. The molecule has 0 aromatic heterocycles. The lowest BCUT2D eigenvalue weighted by atomic mass is 10.2. The lowest BCUT2D eigenvalue weighted by Gasteiger charge is -2.10. The van der Waals surface area contributed by atoms with Crippen LogP contribution in [0.3, 0.4) is 0 Å². The molecule has 1 N–H and O–H groups in total. The Morgan fingerprint density at radius 2 is 2.24 bits per heavy atom. The summed E-state index contributed by atoms with van der Waals surface area (Å²) in [7, 11) is 0. The maximum Gasteiger partial charge on any atom is 0.161 e. The first kappa shape index (κ1) is 12.4. The first-order valence-corrected chi connectivity index (χ1v) is 6.42. The summed E-state index contributed by atoms with van der Waals surface area (Å²) in [4.78, 5) is 4.23. The van der Waals surface area contributed by atoms with Crippen molar-refractivity contribution in [1.82, 2.24) is 0 Å². The molecular formula is C12H14F2N2S. The molecule has 1 aliphatic rings. The number of nitrogens with zero attached hydrogens (tertiary/aromatic N) is 1. The number of anilines is 1. The minimum Gasteiger partial charge on any atom is -0.330 e. The molecule has 2 nitrogen and oxygen atoms in total. The third-order valence-electron chi connectivity index (χ3n) is 2.69. The Balaban J connectivity index is 2.17. The summed E-state index contributed by atoms with van der Waals surface area (Å²) in [6.07, 6.45) is 0.998. The van der Waals surface area contributed by atoms with E-state index in [1.807, 2.05) is 0 Å². The zero-order chi connectivity index (χ0) is 12.4. The van der Waals surface area contributed by atoms with Crippen LogP contribution in [-0.4, -0.2) is 17.0 Å². The topological polar surface area (TPSA) is 24.4 Å². The average molecular weight is 256 g/mol. The maximum absolute atomic E-state index is 13.7. The SMILES string of the molecule is CCC1CN=C(Nc2c(F)ccc(C)c2F)S1. The molecule has 2 rings (SSSR count). The van der Waals surface area contributed by atoms with Crippen molar-refractivity contribution in [2.75, 3.05) is 11.9 Å². The molecule has 0 aliphatic carbocycles. The summed E-state index contributed by atoms with van der Waals surface area (Å²) in [6.45, 7) is 4.39. The van der Waals surface area contributed by atoms with Crippen LogP contribution in [0.1, 0.15) is 18.9 Å². The van der Waals surface area contributed by atoms with Crippen LogP contribution in [0.5, 0.6) is 0 Å². The zero-order valence-electron chi connectivity index (χ0n) is 9.76. The van der Waals surface area contributed by atoms with E-state index in [0.29, 0.717) is 22.5 Å². The molecule has 0 bridgehead atoms. The van der Waals surface area contributed by atoms with E-state index in [4.69, 9.17) is 0 Å². The monoisotopic (exact) mass is 256 g/mol. The third-order valence-corrected chi connectivity index (χ3v) is 3.96. The summed E-state index contributed by atoms with van der Waals surface area (Å²) < 4.78 is 27.2. The number of rotatable bonds is 2. The molecule has 92 valence electrons. The summed E-state index contributed by atoms with van der Waals surface area (Å²) in [5.74, 6) is -1.13. The number of amidine groups is 1. The molecule has 0 spiro atoms. The number of hydrogen-bond acceptors (Lipinski definition) is 3. The van der Waals surface area contributed by atoms with Gasteiger partial charge in [-0.2, -0.15) is 0 Å². The normalized spacial score (nSPS) is 19.3. The molecule has 0 amide bonds. The van der Waals surface area contributed by atoms with E-state index in [2.05, 4.69) is 17.2 Å². The number of halogens is 2. The van der Waals surface area contributed by atoms with Crippen molar-refractivity contribution >= 4 is 22.6 Å². The summed E-state index contributed by atoms with van der Waals surface area (Å²) in [5, 5.41) is 3.75. The first-order chi connectivity index (χ1) is 8.11. The lowest BCUT2D eigenvalue weighted by molar-refractivity contribution is 0.585. The minimum absolute atomic E-state index is 0.104. The molecule has 5 heteroatoms. The van der Waals surface area contributed by atoms with Gasteiger partial charge in [0.15, 0.2) is 11.0 Å². The van der Waals surface area contributed by atoms with Crippen LogP contribution in [0.4, 0.5) is 14.5 Å². The van der Waals surface area contributed by atoms with Crippen molar-refractivity contribution in [3.05, 3.63) is 29.3 Å². The van der Waals surface area contributed by atoms with Crippen molar-refractivity contribution in [3.63, 3.8) is 0 Å². The molecule has 1 aromatic rings. The average Bonchev–Trinajstić information content (AvgIpc) is 2.77. The van der Waals surface area contributed by atoms with Crippen LogP contribution in [0.25, 0.3) is 0 Å². The van der Waals surface area contributed by atoms with Crippen molar-refractivity contribution in [2.24, 2.45) is 4.99 Å². The van der Waals surface area contributed by atoms with Gasteiger partial charge in [0.05, 0.1) is 6.54 Å². The fourth-order valence-corrected chi connectivity index (χ4v) is 2.52. The smallest absolute Gasteiger partial charge is 0.161 e. The van der Waals surface area contributed by atoms with E-state index in [1.165, 1.54) is 23.9 Å². The predicted octanol–water partition coefficient (Wildman–Crippen LogP) is 3.57. The highest BCUT2D eigenvalue weighted by atomic mass is 32.2. The van der Waals surface area contributed by atoms with E-state index in [1.54, 1.807) is 6.92 Å². The predicted molar refractivity (Wildman–Crippen MR) is 68.7 cm³/mol. The van der Waals surface area contributed by atoms with Crippen molar-refractivity contribution in [1.29, 1.82) is 0 Å². The van der Waals surface area contributed by atoms with Gasteiger partial charge in [-0.25, -0.2) is 8.78 Å². The second kappa shape index (κ2) is 5.04. The number of hydrogen-bond donors (Lipinski definition) is 1. The molecule has 1 aromatic carbocycles. The van der Waals surface area contributed by atoms with E-state index in [9.17, 15) is 8.78 Å². The Labute approximate surface area is 104 Å². The van der Waals surface area contributed by atoms with Gasteiger partial charge in [-0.15, -0.1) is 0 Å². The molecule has 0 fully saturated rings. The summed E-state index contributed by atoms with van der Waals surface area (Å²) >= 11 is 1.53. The Kier molecular flexibility index (Phi) is 3.66. The van der Waals surface area contributed by atoms with Crippen LogP contribution in [0.15, 0.2) is 17.1 Å². The second-order valence-electron chi connectivity index (χ2n) is 3.97. The van der Waals surface area contributed by atoms with Gasteiger partial charge in [-0.3, -0.25) is 4.99 Å². The van der Waals surface area contributed by atoms with Gasteiger partial charge < -0.3 is 5.32 Å². The highest BCUT2D eigenvalue weighted by Crippen LogP contribution is 2.27. The third kappa shape index (κ3) is 2.60. The zero-order valence-corrected chi connectivity index (χ0v) is 10.6. The highest BCUT2D eigenvalue weighted by Gasteiger charge is 2.20. The first-order valence-electron chi connectivity index (χ1n) is 5.54. The van der Waals surface area contributed by atoms with Gasteiger partial charge in [0.25, 0.3) is 0 Å². The second-order valence-corrected chi connectivity index (χ2v) is 5.26. The standard InChI is InChI=1S/C12H14F2N2S/c1-3-8-6-15-12(17-8)16-11-9(13)5-4-7(2)10(11)14/h4-5,8H,3,6H2,1-2H3,(H,15,16). The molecular weight excluding hydrogens is 242 g/mol. The van der Waals surface area contributed by atoms with Gasteiger partial charge in [0, 0.05) is 5.25 Å². The Hall–Kier alpha value is -1.10. The Bertz CT molecular complexity index is 460. The molecule has 0 saturated carbocycles. The Morgan fingerprint density at radius 3 is 2.88 bits per heavy atom. The van der Waals surface area contributed by atoms with Crippen LogP contribution in [-0.2, 0) is 0 Å². The minimum atomic E-state index is -0.587. The number of aliphatic imine (C=N–C) groups is 1. The molecule has 1 aliphatic heterocycles. The fraction of sp³-hybridized carbons (Fsp3) is 0.417. The number of aryl methyl sites for hydroxylation is 1. The van der Waals surface area contributed by atoms with Gasteiger partial charge in [-0.1, -0.05) is 24.8 Å². The van der Waals surface area contributed by atoms with Crippen LogP contribution in [0, 0.1) is 18.6 Å². The maximum atomic E-state index is 13.7. The van der Waals surface area contributed by atoms with Crippen LogP contribution < -0.4 is 5.32 Å². The van der Waals surface area contributed by atoms with E-state index >= 15 is 0 Å². The number of nitrogens with one attached hydrogen (secondary N) is 1. The van der Waals surface area contributed by atoms with E-state index < -0.39 is 11.6 Å². The van der Waals surface area contributed by atoms with Crippen LogP contribution in [0.2, 0.25) is 0 Å². The van der Waals surface area contributed by atoms with Crippen LogP contribution >= 0.6 is 11.8 Å². The number of benzene rings is 1. The molecule has 17 heavy (non-hydrogen) atoms. The van der Waals surface area contributed by atoms with E-state index in [0.717, 1.165) is 6.42 Å². The largest absolute Gasteiger partial charge is 0.330 e. The molecule has 1 heterocycles. The van der Waals surface area contributed by atoms with Gasteiger partial charge in [0.1, 0.15) is 11.5 Å². The fourth-order valence-electron chi connectivity index (χ4n) is 1.58. The lowest BCUT2D eigenvalue weighted by Crippen LogP contribution is -2.10. The molecule has 1 atom stereocenters. The van der Waals surface area contributed by atoms with E-state index in [-0.39, 0.29) is 5.69 Å². The molecule has 1 unspecified atom stereocenters. The summed E-state index contributed by atoms with van der Waals surface area (Å²) in [6, 6.07) is 2.69. The quantitative estimate of drug-likeness (QED) is 0.874. The van der Waals surface area contributed by atoms with Crippen molar-refractivity contribution < 1.29 is 8.78 Å². The molecule has 0 radical (unpaired) electrons. The summed E-state index contributed by atoms with van der Waals surface area (Å²) in [5.41, 5.74) is 0.317. The van der Waals surface area contributed by atoms with Gasteiger partial charge in [-0.05, 0) is 25.0 Å². The van der Waals surface area contributed by atoms with Crippen molar-refractivity contribution in [3.8, 4) is 0 Å². The van der Waals surface area contributed by atoms with Gasteiger partial charge in [0.2, 0.25) is 0 Å².